The van der Waals surface area contributed by atoms with Gasteiger partial charge in [0.15, 0.2) is 9.84 Å². The summed E-state index contributed by atoms with van der Waals surface area (Å²) in [7, 11) is -3.00. The molecule has 1 saturated heterocycles. The number of sulfone groups is 1. The molecule has 1 aromatic rings. The third kappa shape index (κ3) is 3.06. The van der Waals surface area contributed by atoms with Crippen molar-refractivity contribution in [2.75, 3.05) is 16.8 Å². The van der Waals surface area contributed by atoms with E-state index in [1.165, 1.54) is 0 Å². The number of hydrogen-bond donors (Lipinski definition) is 1. The normalized spacial score (nSPS) is 22.3. The number of benzene rings is 1. The van der Waals surface area contributed by atoms with Crippen molar-refractivity contribution in [3.63, 3.8) is 0 Å². The Bertz CT molecular complexity index is 519. The van der Waals surface area contributed by atoms with E-state index in [2.05, 4.69) is 5.32 Å². The lowest BCUT2D eigenvalue weighted by Gasteiger charge is -2.09. The largest absolute Gasteiger partial charge is 0.326 e. The molecule has 4 nitrogen and oxygen atoms in total. The number of carbonyl (C=O) groups excluding carboxylic acids is 1. The second kappa shape index (κ2) is 4.49. The Morgan fingerprint density at radius 3 is 2.47 bits per heavy atom. The molecule has 0 unspecified atom stereocenters. The van der Waals surface area contributed by atoms with Gasteiger partial charge in [0, 0.05) is 5.69 Å². The lowest BCUT2D eigenvalue weighted by Crippen LogP contribution is -2.23. The van der Waals surface area contributed by atoms with Crippen molar-refractivity contribution in [3.05, 3.63) is 29.8 Å². The maximum Gasteiger partial charge on any atom is 0.228 e. The van der Waals surface area contributed by atoms with Gasteiger partial charge in [-0.2, -0.15) is 0 Å². The van der Waals surface area contributed by atoms with Crippen LogP contribution in [0.5, 0.6) is 0 Å². The SMILES string of the molecule is Cc1ccc(NC(=O)[C@@H]2CCS(=O)(=O)C2)cc1. The second-order valence-electron chi connectivity index (χ2n) is 4.46. The predicted octanol–water partition coefficient (Wildman–Crippen LogP) is 1.37. The van der Waals surface area contributed by atoms with Crippen LogP contribution in [0.1, 0.15) is 12.0 Å². The van der Waals surface area contributed by atoms with Gasteiger partial charge in [-0.05, 0) is 25.5 Å². The summed E-state index contributed by atoms with van der Waals surface area (Å²) in [6.07, 6.45) is 0.431. The van der Waals surface area contributed by atoms with Crippen LogP contribution in [0.4, 0.5) is 5.69 Å². The lowest BCUT2D eigenvalue weighted by molar-refractivity contribution is -0.119. The van der Waals surface area contributed by atoms with Crippen LogP contribution in [0, 0.1) is 12.8 Å². The summed E-state index contributed by atoms with van der Waals surface area (Å²) in [5.74, 6) is -0.500. The summed E-state index contributed by atoms with van der Waals surface area (Å²) in [4.78, 5) is 11.8. The fourth-order valence-electron chi connectivity index (χ4n) is 1.88. The molecule has 1 N–H and O–H groups in total. The zero-order valence-electron chi connectivity index (χ0n) is 9.64. The van der Waals surface area contributed by atoms with Gasteiger partial charge in [-0.15, -0.1) is 0 Å². The molecule has 1 amide bonds. The van der Waals surface area contributed by atoms with Crippen molar-refractivity contribution in [2.24, 2.45) is 5.92 Å². The quantitative estimate of drug-likeness (QED) is 0.865. The van der Waals surface area contributed by atoms with Crippen LogP contribution in [0.3, 0.4) is 0 Å². The topological polar surface area (TPSA) is 63.2 Å². The molecule has 1 aliphatic heterocycles. The van der Waals surface area contributed by atoms with E-state index in [1.807, 2.05) is 31.2 Å². The van der Waals surface area contributed by atoms with Gasteiger partial charge in [-0.3, -0.25) is 4.79 Å². The number of carbonyl (C=O) groups is 1. The molecule has 1 aliphatic rings. The Morgan fingerprint density at radius 1 is 1.29 bits per heavy atom. The minimum atomic E-state index is -3.00. The molecule has 5 heteroatoms. The van der Waals surface area contributed by atoms with Crippen LogP contribution >= 0.6 is 0 Å². The van der Waals surface area contributed by atoms with E-state index in [-0.39, 0.29) is 17.4 Å². The summed E-state index contributed by atoms with van der Waals surface area (Å²) in [6, 6.07) is 7.44. The summed E-state index contributed by atoms with van der Waals surface area (Å²) in [5, 5.41) is 2.75. The summed E-state index contributed by atoms with van der Waals surface area (Å²) >= 11 is 0. The monoisotopic (exact) mass is 253 g/mol. The molecular weight excluding hydrogens is 238 g/mol. The molecule has 1 fully saturated rings. The van der Waals surface area contributed by atoms with E-state index >= 15 is 0 Å². The molecule has 0 aliphatic carbocycles. The van der Waals surface area contributed by atoms with Gasteiger partial charge >= 0.3 is 0 Å². The van der Waals surface area contributed by atoms with Crippen LogP contribution < -0.4 is 5.32 Å². The molecule has 0 spiro atoms. The van der Waals surface area contributed by atoms with Crippen LogP contribution in [0.2, 0.25) is 0 Å². The molecule has 0 radical (unpaired) electrons. The summed E-state index contributed by atoms with van der Waals surface area (Å²) in [5.41, 5.74) is 1.83. The van der Waals surface area contributed by atoms with E-state index < -0.39 is 15.8 Å². The highest BCUT2D eigenvalue weighted by atomic mass is 32.2. The molecule has 1 aromatic carbocycles. The Balaban J connectivity index is 2.01. The van der Waals surface area contributed by atoms with E-state index in [1.54, 1.807) is 0 Å². The van der Waals surface area contributed by atoms with Crippen LogP contribution in [0.15, 0.2) is 24.3 Å². The minimum Gasteiger partial charge on any atom is -0.326 e. The molecule has 1 heterocycles. The molecule has 0 saturated carbocycles. The average molecular weight is 253 g/mol. The highest BCUT2D eigenvalue weighted by Crippen LogP contribution is 2.20. The molecule has 2 rings (SSSR count). The maximum atomic E-state index is 11.8. The fraction of sp³-hybridized carbons (Fsp3) is 0.417. The van der Waals surface area contributed by atoms with Gasteiger partial charge in [-0.25, -0.2) is 8.42 Å². The number of anilines is 1. The maximum absolute atomic E-state index is 11.8. The summed E-state index contributed by atoms with van der Waals surface area (Å²) in [6.45, 7) is 1.97. The third-order valence-electron chi connectivity index (χ3n) is 2.92. The molecule has 17 heavy (non-hydrogen) atoms. The van der Waals surface area contributed by atoms with Gasteiger partial charge < -0.3 is 5.32 Å². The Hall–Kier alpha value is -1.36. The van der Waals surface area contributed by atoms with Crippen molar-refractivity contribution >= 4 is 21.4 Å². The second-order valence-corrected chi connectivity index (χ2v) is 6.68. The van der Waals surface area contributed by atoms with Gasteiger partial charge in [0.2, 0.25) is 5.91 Å². The van der Waals surface area contributed by atoms with Crippen molar-refractivity contribution < 1.29 is 13.2 Å². The first-order valence-electron chi connectivity index (χ1n) is 5.54. The lowest BCUT2D eigenvalue weighted by atomic mass is 10.1. The van der Waals surface area contributed by atoms with Crippen molar-refractivity contribution in [1.82, 2.24) is 0 Å². The number of rotatable bonds is 2. The first-order valence-corrected chi connectivity index (χ1v) is 7.36. The standard InChI is InChI=1S/C12H15NO3S/c1-9-2-4-11(5-3-9)13-12(14)10-6-7-17(15,16)8-10/h2-5,10H,6-8H2,1H3,(H,13,14)/t10-/m1/s1. The molecule has 92 valence electrons. The highest BCUT2D eigenvalue weighted by Gasteiger charge is 2.32. The van der Waals surface area contributed by atoms with E-state index in [4.69, 9.17) is 0 Å². The Labute approximate surface area is 101 Å². The first kappa shape index (κ1) is 12.1. The van der Waals surface area contributed by atoms with E-state index in [9.17, 15) is 13.2 Å². The van der Waals surface area contributed by atoms with Crippen molar-refractivity contribution in [3.8, 4) is 0 Å². The molecule has 0 aromatic heterocycles. The molecule has 1 atom stereocenters. The van der Waals surface area contributed by atoms with Crippen LogP contribution in [0.25, 0.3) is 0 Å². The zero-order valence-corrected chi connectivity index (χ0v) is 10.5. The number of amides is 1. The summed E-state index contributed by atoms with van der Waals surface area (Å²) < 4.78 is 22.5. The Morgan fingerprint density at radius 2 is 1.94 bits per heavy atom. The fourth-order valence-corrected chi connectivity index (χ4v) is 3.62. The van der Waals surface area contributed by atoms with Crippen molar-refractivity contribution in [2.45, 2.75) is 13.3 Å². The molecule has 0 bridgehead atoms. The van der Waals surface area contributed by atoms with Gasteiger partial charge in [0.25, 0.3) is 0 Å². The van der Waals surface area contributed by atoms with E-state index in [0.29, 0.717) is 12.1 Å². The zero-order chi connectivity index (χ0) is 12.5. The number of aryl methyl sites for hydroxylation is 1. The average Bonchev–Trinajstić information content (AvgIpc) is 2.62. The van der Waals surface area contributed by atoms with Gasteiger partial charge in [0.1, 0.15) is 0 Å². The number of nitrogens with one attached hydrogen (secondary N) is 1. The van der Waals surface area contributed by atoms with Crippen molar-refractivity contribution in [1.29, 1.82) is 0 Å². The molecular formula is C12H15NO3S. The predicted molar refractivity (Wildman–Crippen MR) is 66.6 cm³/mol. The highest BCUT2D eigenvalue weighted by molar-refractivity contribution is 7.91. The minimum absolute atomic E-state index is 0.0231. The van der Waals surface area contributed by atoms with Crippen LogP contribution in [-0.2, 0) is 14.6 Å². The number of hydrogen-bond acceptors (Lipinski definition) is 3. The van der Waals surface area contributed by atoms with Gasteiger partial charge in [0.05, 0.1) is 17.4 Å². The smallest absolute Gasteiger partial charge is 0.228 e. The Kier molecular flexibility index (Phi) is 3.19. The third-order valence-corrected chi connectivity index (χ3v) is 4.69. The van der Waals surface area contributed by atoms with Crippen LogP contribution in [-0.4, -0.2) is 25.8 Å². The van der Waals surface area contributed by atoms with E-state index in [0.717, 1.165) is 5.56 Å². The first-order chi connectivity index (χ1) is 7.96. The van der Waals surface area contributed by atoms with Gasteiger partial charge in [-0.1, -0.05) is 17.7 Å².